The summed E-state index contributed by atoms with van der Waals surface area (Å²) < 4.78 is 68.8. The Balaban J connectivity index is 0.00000456. The van der Waals surface area contributed by atoms with E-state index in [1.807, 2.05) is 6.92 Å². The first-order valence-corrected chi connectivity index (χ1v) is 13.8. The number of nitrogens with two attached hydrogens (primary N) is 1. The van der Waals surface area contributed by atoms with Crippen molar-refractivity contribution in [2.24, 2.45) is 5.73 Å². The number of rotatable bonds is 9. The molecule has 12 heteroatoms. The molecule has 0 aliphatic carbocycles. The van der Waals surface area contributed by atoms with Crippen LogP contribution in [-0.4, -0.2) is 64.7 Å². The maximum absolute atomic E-state index is 14.4. The molecule has 36 heavy (non-hydrogen) atoms. The van der Waals surface area contributed by atoms with Crippen LogP contribution in [0.5, 0.6) is 0 Å². The molecule has 8 nitrogen and oxygen atoms in total. The van der Waals surface area contributed by atoms with Gasteiger partial charge < -0.3 is 10.3 Å². The first-order chi connectivity index (χ1) is 16.3. The van der Waals surface area contributed by atoms with Crippen molar-refractivity contribution in [3.63, 3.8) is 0 Å². The molecular formula is C24H32ClFN4O4S2. The van der Waals surface area contributed by atoms with Gasteiger partial charge in [-0.15, -0.1) is 12.4 Å². The first-order valence-electron chi connectivity index (χ1n) is 10.9. The summed E-state index contributed by atoms with van der Waals surface area (Å²) in [6, 6.07) is 11.4. The standard InChI is InChI=1S/C24H31FN4O4S2.ClH/c1-17-22(14-18-6-8-20(9-7-18)34(30,31)27(2)3)23-15-21(35(32,33)28(4)5)10-11-24(23)29(17)16-19(25)12-13-26;/h6-12,15H,13-14,16,26H2,1-5H3;1H/b19-12-;. The van der Waals surface area contributed by atoms with Gasteiger partial charge in [0, 0.05) is 51.3 Å². The van der Waals surface area contributed by atoms with Crippen molar-refractivity contribution < 1.29 is 21.2 Å². The molecule has 0 aliphatic heterocycles. The van der Waals surface area contributed by atoms with Gasteiger partial charge in [0.15, 0.2) is 0 Å². The molecule has 0 fully saturated rings. The van der Waals surface area contributed by atoms with Crippen LogP contribution in [0.15, 0.2) is 64.2 Å². The number of fused-ring (bicyclic) bond motifs is 1. The molecule has 2 aromatic carbocycles. The molecule has 3 rings (SSSR count). The van der Waals surface area contributed by atoms with E-state index in [0.29, 0.717) is 17.3 Å². The second-order valence-electron chi connectivity index (χ2n) is 8.61. The average molecular weight is 559 g/mol. The van der Waals surface area contributed by atoms with Crippen LogP contribution in [0.3, 0.4) is 0 Å². The molecule has 0 aliphatic rings. The zero-order valence-electron chi connectivity index (χ0n) is 20.9. The summed E-state index contributed by atoms with van der Waals surface area (Å²) in [5.41, 5.74) is 8.60. The molecule has 0 saturated heterocycles. The molecule has 0 radical (unpaired) electrons. The number of hydrogen-bond donors (Lipinski definition) is 1. The molecule has 0 spiro atoms. The van der Waals surface area contributed by atoms with E-state index < -0.39 is 20.0 Å². The fraction of sp³-hybridized carbons (Fsp3) is 0.333. The van der Waals surface area contributed by atoms with Crippen molar-refractivity contribution in [1.82, 2.24) is 13.2 Å². The van der Waals surface area contributed by atoms with Gasteiger partial charge >= 0.3 is 0 Å². The van der Waals surface area contributed by atoms with Crippen LogP contribution in [0.2, 0.25) is 0 Å². The fourth-order valence-corrected chi connectivity index (χ4v) is 5.70. The highest BCUT2D eigenvalue weighted by Crippen LogP contribution is 2.32. The minimum Gasteiger partial charge on any atom is -0.338 e. The predicted octanol–water partition coefficient (Wildman–Crippen LogP) is 3.28. The van der Waals surface area contributed by atoms with Crippen LogP contribution in [0.1, 0.15) is 16.8 Å². The van der Waals surface area contributed by atoms with E-state index in [4.69, 9.17) is 5.73 Å². The van der Waals surface area contributed by atoms with Gasteiger partial charge in [-0.2, -0.15) is 0 Å². The molecule has 1 heterocycles. The second-order valence-corrected chi connectivity index (χ2v) is 12.9. The molecule has 0 bridgehead atoms. The second kappa shape index (κ2) is 11.4. The van der Waals surface area contributed by atoms with Crippen molar-refractivity contribution in [3.05, 3.63) is 71.2 Å². The quantitative estimate of drug-likeness (QED) is 0.434. The van der Waals surface area contributed by atoms with Gasteiger partial charge in [0.05, 0.1) is 16.3 Å². The lowest BCUT2D eigenvalue weighted by atomic mass is 10.0. The van der Waals surface area contributed by atoms with Gasteiger partial charge in [-0.25, -0.2) is 29.8 Å². The van der Waals surface area contributed by atoms with Crippen LogP contribution >= 0.6 is 12.4 Å². The Bertz CT molecular complexity index is 1480. The minimum atomic E-state index is -3.67. The predicted molar refractivity (Wildman–Crippen MR) is 143 cm³/mol. The lowest BCUT2D eigenvalue weighted by Gasteiger charge is -2.12. The van der Waals surface area contributed by atoms with Crippen molar-refractivity contribution in [2.75, 3.05) is 34.7 Å². The third kappa shape index (κ3) is 5.82. The van der Waals surface area contributed by atoms with Gasteiger partial charge in [-0.1, -0.05) is 12.1 Å². The Hall–Kier alpha value is -2.28. The summed E-state index contributed by atoms with van der Waals surface area (Å²) in [6.45, 7) is 1.90. The Morgan fingerprint density at radius 3 is 2.00 bits per heavy atom. The summed E-state index contributed by atoms with van der Waals surface area (Å²) in [5, 5.41) is 0.691. The summed E-state index contributed by atoms with van der Waals surface area (Å²) in [6.07, 6.45) is 1.71. The zero-order chi connectivity index (χ0) is 26.1. The molecule has 2 N–H and O–H groups in total. The largest absolute Gasteiger partial charge is 0.338 e. The highest BCUT2D eigenvalue weighted by atomic mass is 35.5. The maximum Gasteiger partial charge on any atom is 0.242 e. The molecular weight excluding hydrogens is 527 g/mol. The smallest absolute Gasteiger partial charge is 0.242 e. The van der Waals surface area contributed by atoms with Gasteiger partial charge in [0.1, 0.15) is 5.83 Å². The van der Waals surface area contributed by atoms with Crippen molar-refractivity contribution in [3.8, 4) is 0 Å². The number of halogens is 2. The normalized spacial score (nSPS) is 13.0. The minimum absolute atomic E-state index is 0. The van der Waals surface area contributed by atoms with E-state index in [1.54, 1.807) is 41.0 Å². The van der Waals surface area contributed by atoms with Crippen LogP contribution in [0.4, 0.5) is 4.39 Å². The van der Waals surface area contributed by atoms with Crippen molar-refractivity contribution in [2.45, 2.75) is 29.7 Å². The summed E-state index contributed by atoms with van der Waals surface area (Å²) in [7, 11) is -1.35. The van der Waals surface area contributed by atoms with Crippen molar-refractivity contribution >= 4 is 43.4 Å². The SMILES string of the molecule is Cc1c(Cc2ccc(S(=O)(=O)N(C)C)cc2)c2cc(S(=O)(=O)N(C)C)ccc2n1C/C(F)=C/CN.Cl. The zero-order valence-corrected chi connectivity index (χ0v) is 23.3. The van der Waals surface area contributed by atoms with Crippen molar-refractivity contribution in [1.29, 1.82) is 0 Å². The third-order valence-corrected chi connectivity index (χ3v) is 9.58. The highest BCUT2D eigenvalue weighted by Gasteiger charge is 2.22. The summed E-state index contributed by atoms with van der Waals surface area (Å²) in [5.74, 6) is -0.387. The highest BCUT2D eigenvalue weighted by molar-refractivity contribution is 7.89. The lowest BCUT2D eigenvalue weighted by Crippen LogP contribution is -2.22. The number of hydrogen-bond acceptors (Lipinski definition) is 5. The van der Waals surface area contributed by atoms with E-state index >= 15 is 0 Å². The molecule has 0 saturated carbocycles. The van der Waals surface area contributed by atoms with Gasteiger partial charge in [-0.05, 0) is 60.9 Å². The third-order valence-electron chi connectivity index (χ3n) is 5.94. The van der Waals surface area contributed by atoms with Crippen LogP contribution in [0.25, 0.3) is 10.9 Å². The van der Waals surface area contributed by atoms with Crippen LogP contribution < -0.4 is 5.73 Å². The number of benzene rings is 2. The van der Waals surface area contributed by atoms with Gasteiger partial charge in [0.25, 0.3) is 0 Å². The molecule has 3 aromatic rings. The maximum atomic E-state index is 14.4. The average Bonchev–Trinajstić information content (AvgIpc) is 3.04. The molecule has 1 aromatic heterocycles. The number of sulfonamides is 2. The van der Waals surface area contributed by atoms with E-state index in [2.05, 4.69) is 0 Å². The van der Waals surface area contributed by atoms with E-state index in [0.717, 1.165) is 25.4 Å². The van der Waals surface area contributed by atoms with E-state index in [-0.39, 0.29) is 41.1 Å². The van der Waals surface area contributed by atoms with E-state index in [1.165, 1.54) is 40.3 Å². The lowest BCUT2D eigenvalue weighted by molar-refractivity contribution is 0.520. The van der Waals surface area contributed by atoms with Gasteiger partial charge in [-0.3, -0.25) is 0 Å². The Morgan fingerprint density at radius 1 is 0.944 bits per heavy atom. The van der Waals surface area contributed by atoms with Crippen LogP contribution in [-0.2, 0) is 33.0 Å². The van der Waals surface area contributed by atoms with Gasteiger partial charge in [0.2, 0.25) is 20.0 Å². The molecule has 0 amide bonds. The summed E-state index contributed by atoms with van der Waals surface area (Å²) in [4.78, 5) is 0.317. The molecule has 0 unspecified atom stereocenters. The van der Waals surface area contributed by atoms with E-state index in [9.17, 15) is 21.2 Å². The fourth-order valence-electron chi connectivity index (χ4n) is 3.87. The monoisotopic (exact) mass is 558 g/mol. The summed E-state index contributed by atoms with van der Waals surface area (Å²) >= 11 is 0. The molecule has 0 atom stereocenters. The number of nitrogens with zero attached hydrogens (tertiary/aromatic N) is 3. The Labute approximate surface area is 218 Å². The Morgan fingerprint density at radius 2 is 1.47 bits per heavy atom. The van der Waals surface area contributed by atoms with Crippen LogP contribution in [0, 0.1) is 6.92 Å². The number of aromatic nitrogens is 1. The topological polar surface area (TPSA) is 106 Å². The first kappa shape index (κ1) is 29.9. The molecule has 198 valence electrons. The number of allylic oxidation sites excluding steroid dienone is 1. The Kier molecular flexibility index (Phi) is 9.49.